The van der Waals surface area contributed by atoms with E-state index in [0.29, 0.717) is 6.07 Å². The van der Waals surface area contributed by atoms with Crippen molar-refractivity contribution >= 4 is 11.8 Å². The lowest BCUT2D eigenvalue weighted by Crippen LogP contribution is -2.09. The van der Waals surface area contributed by atoms with Crippen LogP contribution in [0.1, 0.15) is 28.8 Å². The predicted octanol–water partition coefficient (Wildman–Crippen LogP) is 2.76. The van der Waals surface area contributed by atoms with E-state index in [1.165, 1.54) is 0 Å². The number of carbonyl (C=O) groups is 2. The Morgan fingerprint density at radius 3 is 2.37 bits per heavy atom. The van der Waals surface area contributed by atoms with Crippen LogP contribution in [0.3, 0.4) is 0 Å². The first-order valence-corrected chi connectivity index (χ1v) is 5.26. The quantitative estimate of drug-likeness (QED) is 0.840. The highest BCUT2D eigenvalue weighted by Gasteiger charge is 2.31. The summed E-state index contributed by atoms with van der Waals surface area (Å²) in [5.41, 5.74) is -0.990. The molecule has 0 aliphatic rings. The van der Waals surface area contributed by atoms with Gasteiger partial charge in [0.15, 0.2) is 5.78 Å². The first kappa shape index (κ1) is 15.0. The zero-order valence-electron chi connectivity index (χ0n) is 9.95. The monoisotopic (exact) mass is 276 g/mol. The minimum atomic E-state index is -4.53. The SMILES string of the molecule is COc1cc(C(F)(F)F)ccc1C(=O)CCC(=O)O. The highest BCUT2D eigenvalue weighted by atomic mass is 19.4. The van der Waals surface area contributed by atoms with Crippen LogP contribution in [0, 0.1) is 0 Å². The highest BCUT2D eigenvalue weighted by molar-refractivity contribution is 5.99. The number of carbonyl (C=O) groups excluding carboxylic acids is 1. The number of carboxylic acids is 1. The summed E-state index contributed by atoms with van der Waals surface area (Å²) in [4.78, 5) is 22.0. The molecule has 0 atom stereocenters. The first-order chi connectivity index (χ1) is 8.75. The van der Waals surface area contributed by atoms with Gasteiger partial charge in [-0.05, 0) is 18.2 Å². The number of hydrogen-bond donors (Lipinski definition) is 1. The van der Waals surface area contributed by atoms with Gasteiger partial charge in [-0.2, -0.15) is 13.2 Å². The van der Waals surface area contributed by atoms with Crippen LogP contribution >= 0.6 is 0 Å². The fourth-order valence-electron chi connectivity index (χ4n) is 1.45. The summed E-state index contributed by atoms with van der Waals surface area (Å²) in [6.45, 7) is 0. The second-order valence-corrected chi connectivity index (χ2v) is 3.73. The zero-order chi connectivity index (χ0) is 14.6. The second-order valence-electron chi connectivity index (χ2n) is 3.73. The maximum Gasteiger partial charge on any atom is 0.416 e. The van der Waals surface area contributed by atoms with E-state index < -0.39 is 23.5 Å². The minimum absolute atomic E-state index is 0.0586. The average Bonchev–Trinajstić information content (AvgIpc) is 2.33. The molecule has 0 amide bonds. The van der Waals surface area contributed by atoms with Crippen molar-refractivity contribution in [2.24, 2.45) is 0 Å². The van der Waals surface area contributed by atoms with Gasteiger partial charge in [0.2, 0.25) is 0 Å². The van der Waals surface area contributed by atoms with Gasteiger partial charge in [0, 0.05) is 6.42 Å². The number of ether oxygens (including phenoxy) is 1. The fourth-order valence-corrected chi connectivity index (χ4v) is 1.45. The number of benzene rings is 1. The Morgan fingerprint density at radius 2 is 1.89 bits per heavy atom. The third kappa shape index (κ3) is 3.97. The molecule has 0 spiro atoms. The molecule has 0 fully saturated rings. The van der Waals surface area contributed by atoms with Crippen LogP contribution in [0.25, 0.3) is 0 Å². The molecule has 1 rings (SSSR count). The van der Waals surface area contributed by atoms with Gasteiger partial charge in [0.25, 0.3) is 0 Å². The molecule has 0 saturated carbocycles. The van der Waals surface area contributed by atoms with E-state index >= 15 is 0 Å². The summed E-state index contributed by atoms with van der Waals surface area (Å²) in [7, 11) is 1.14. The van der Waals surface area contributed by atoms with Gasteiger partial charge < -0.3 is 9.84 Å². The molecule has 1 aromatic rings. The molecule has 0 unspecified atom stereocenters. The number of methoxy groups -OCH3 is 1. The van der Waals surface area contributed by atoms with Gasteiger partial charge in [0.1, 0.15) is 5.75 Å². The smallest absolute Gasteiger partial charge is 0.416 e. The van der Waals surface area contributed by atoms with Crippen molar-refractivity contribution in [3.63, 3.8) is 0 Å². The lowest BCUT2D eigenvalue weighted by atomic mass is 10.0. The topological polar surface area (TPSA) is 63.6 Å². The van der Waals surface area contributed by atoms with Crippen LogP contribution < -0.4 is 4.74 Å². The van der Waals surface area contributed by atoms with Crippen molar-refractivity contribution < 1.29 is 32.6 Å². The molecule has 0 heterocycles. The molecule has 0 aromatic heterocycles. The van der Waals surface area contributed by atoms with Crippen LogP contribution in [0.2, 0.25) is 0 Å². The third-order valence-corrected chi connectivity index (χ3v) is 2.40. The summed E-state index contributed by atoms with van der Waals surface area (Å²) in [5.74, 6) is -1.95. The summed E-state index contributed by atoms with van der Waals surface area (Å²) in [6.07, 6.45) is -5.21. The van der Waals surface area contributed by atoms with Gasteiger partial charge in [-0.25, -0.2) is 0 Å². The summed E-state index contributed by atoms with van der Waals surface area (Å²) in [5, 5.41) is 8.45. The number of Topliss-reactive ketones (excluding diaryl/α,β-unsaturated/α-hetero) is 1. The Kier molecular flexibility index (Phi) is 4.52. The van der Waals surface area contributed by atoms with Gasteiger partial charge in [0.05, 0.1) is 24.7 Å². The number of aliphatic carboxylic acids is 1. The van der Waals surface area contributed by atoms with Crippen molar-refractivity contribution in [3.8, 4) is 5.75 Å². The molecule has 0 radical (unpaired) electrons. The van der Waals surface area contributed by atoms with Crippen molar-refractivity contribution in [1.82, 2.24) is 0 Å². The van der Waals surface area contributed by atoms with E-state index in [1.54, 1.807) is 0 Å². The van der Waals surface area contributed by atoms with Crippen LogP contribution in [0.15, 0.2) is 18.2 Å². The molecule has 4 nitrogen and oxygen atoms in total. The molecule has 0 aliphatic heterocycles. The van der Waals surface area contributed by atoms with Crippen molar-refractivity contribution in [2.45, 2.75) is 19.0 Å². The van der Waals surface area contributed by atoms with Gasteiger partial charge >= 0.3 is 12.1 Å². The van der Waals surface area contributed by atoms with E-state index in [-0.39, 0.29) is 24.2 Å². The molecule has 104 valence electrons. The van der Waals surface area contributed by atoms with E-state index in [2.05, 4.69) is 0 Å². The lowest BCUT2D eigenvalue weighted by molar-refractivity contribution is -0.138. The van der Waals surface area contributed by atoms with E-state index in [4.69, 9.17) is 9.84 Å². The number of hydrogen-bond acceptors (Lipinski definition) is 3. The van der Waals surface area contributed by atoms with Crippen molar-refractivity contribution in [3.05, 3.63) is 29.3 Å². The number of ketones is 1. The Morgan fingerprint density at radius 1 is 1.26 bits per heavy atom. The Bertz CT molecular complexity index is 494. The van der Waals surface area contributed by atoms with Crippen LogP contribution in [0.5, 0.6) is 5.75 Å². The van der Waals surface area contributed by atoms with E-state index in [9.17, 15) is 22.8 Å². The average molecular weight is 276 g/mol. The van der Waals surface area contributed by atoms with Crippen molar-refractivity contribution in [1.29, 1.82) is 0 Å². The highest BCUT2D eigenvalue weighted by Crippen LogP contribution is 2.33. The molecule has 19 heavy (non-hydrogen) atoms. The summed E-state index contributed by atoms with van der Waals surface area (Å²) < 4.78 is 42.2. The number of rotatable bonds is 5. The summed E-state index contributed by atoms with van der Waals surface area (Å²) in [6, 6.07) is 2.47. The number of alkyl halides is 3. The largest absolute Gasteiger partial charge is 0.496 e. The first-order valence-electron chi connectivity index (χ1n) is 5.26. The standard InChI is InChI=1S/C12H11F3O4/c1-19-10-6-7(12(13,14)15)2-3-8(10)9(16)4-5-11(17)18/h2-3,6H,4-5H2,1H3,(H,17,18). The lowest BCUT2D eigenvalue weighted by Gasteiger charge is -2.11. The Labute approximate surface area is 106 Å². The van der Waals surface area contributed by atoms with Gasteiger partial charge in [-0.1, -0.05) is 0 Å². The Balaban J connectivity index is 3.02. The molecule has 0 bridgehead atoms. The maximum atomic E-state index is 12.5. The third-order valence-electron chi connectivity index (χ3n) is 2.40. The second kappa shape index (κ2) is 5.73. The molecule has 1 N–H and O–H groups in total. The van der Waals surface area contributed by atoms with Crippen LogP contribution in [-0.4, -0.2) is 24.0 Å². The maximum absolute atomic E-state index is 12.5. The van der Waals surface area contributed by atoms with E-state index in [0.717, 1.165) is 19.2 Å². The zero-order valence-corrected chi connectivity index (χ0v) is 9.95. The fraction of sp³-hybridized carbons (Fsp3) is 0.333. The minimum Gasteiger partial charge on any atom is -0.496 e. The molecule has 0 aliphatic carbocycles. The normalized spacial score (nSPS) is 11.2. The Hall–Kier alpha value is -2.05. The van der Waals surface area contributed by atoms with Crippen molar-refractivity contribution in [2.75, 3.05) is 7.11 Å². The molecule has 7 heteroatoms. The van der Waals surface area contributed by atoms with Crippen LogP contribution in [0.4, 0.5) is 13.2 Å². The molecular formula is C12H11F3O4. The number of halogens is 3. The predicted molar refractivity (Wildman–Crippen MR) is 59.2 cm³/mol. The molecular weight excluding hydrogens is 265 g/mol. The number of carboxylic acid groups (broad SMARTS) is 1. The molecule has 0 saturated heterocycles. The van der Waals surface area contributed by atoms with E-state index in [1.807, 2.05) is 0 Å². The summed E-state index contributed by atoms with van der Waals surface area (Å²) >= 11 is 0. The molecule has 1 aromatic carbocycles. The van der Waals surface area contributed by atoms with Crippen LogP contribution in [-0.2, 0) is 11.0 Å². The van der Waals surface area contributed by atoms with Gasteiger partial charge in [-0.15, -0.1) is 0 Å². The van der Waals surface area contributed by atoms with Gasteiger partial charge in [-0.3, -0.25) is 9.59 Å².